The van der Waals surface area contributed by atoms with Gasteiger partial charge in [0.1, 0.15) is 0 Å². The van der Waals surface area contributed by atoms with Crippen molar-refractivity contribution in [3.05, 3.63) is 29.6 Å². The summed E-state index contributed by atoms with van der Waals surface area (Å²) in [7, 11) is 0. The Morgan fingerprint density at radius 2 is 1.83 bits per heavy atom. The van der Waals surface area contributed by atoms with Crippen LogP contribution in [0.4, 0.5) is 13.2 Å². The van der Waals surface area contributed by atoms with E-state index >= 15 is 0 Å². The van der Waals surface area contributed by atoms with Gasteiger partial charge in [0.2, 0.25) is 0 Å². The molecule has 1 aromatic rings. The Hall–Kier alpha value is -1.10. The molecule has 0 aliphatic heterocycles. The molecular weight excluding hydrogens is 243 g/mol. The third-order valence-corrected chi connectivity index (χ3v) is 2.62. The molecule has 1 heterocycles. The summed E-state index contributed by atoms with van der Waals surface area (Å²) < 4.78 is 37.0. The Balaban J connectivity index is 2.68. The summed E-state index contributed by atoms with van der Waals surface area (Å²) in [6, 6.07) is 2.18. The first-order valence-electron chi connectivity index (χ1n) is 5.81. The molecule has 2 nitrogen and oxygen atoms in total. The molecule has 0 saturated carbocycles. The van der Waals surface area contributed by atoms with Crippen LogP contribution in [0.15, 0.2) is 18.3 Å². The van der Waals surface area contributed by atoms with Crippen molar-refractivity contribution in [1.29, 1.82) is 0 Å². The van der Waals surface area contributed by atoms with E-state index < -0.39 is 17.8 Å². The van der Waals surface area contributed by atoms with Crippen LogP contribution in [0.3, 0.4) is 0 Å². The van der Waals surface area contributed by atoms with Crippen molar-refractivity contribution < 1.29 is 18.3 Å². The van der Waals surface area contributed by atoms with E-state index in [2.05, 4.69) is 4.98 Å². The highest BCUT2D eigenvalue weighted by Crippen LogP contribution is 2.30. The van der Waals surface area contributed by atoms with Crippen LogP contribution in [0.2, 0.25) is 0 Å². The third kappa shape index (κ3) is 4.64. The first-order valence-corrected chi connectivity index (χ1v) is 5.81. The van der Waals surface area contributed by atoms with E-state index in [0.717, 1.165) is 18.7 Å². The average molecular weight is 261 g/mol. The van der Waals surface area contributed by atoms with Gasteiger partial charge in [0.05, 0.1) is 17.4 Å². The second kappa shape index (κ2) is 5.26. The van der Waals surface area contributed by atoms with Gasteiger partial charge in [0.15, 0.2) is 0 Å². The van der Waals surface area contributed by atoms with E-state index in [4.69, 9.17) is 0 Å². The quantitative estimate of drug-likeness (QED) is 0.893. The smallest absolute Gasteiger partial charge is 0.387 e. The highest BCUT2D eigenvalue weighted by Gasteiger charge is 2.30. The zero-order valence-corrected chi connectivity index (χ0v) is 10.8. The molecule has 1 atom stereocenters. The van der Waals surface area contributed by atoms with Crippen LogP contribution in [0, 0.1) is 5.41 Å². The molecule has 1 rings (SSSR count). The minimum Gasteiger partial charge on any atom is -0.387 e. The van der Waals surface area contributed by atoms with Crippen LogP contribution in [0.25, 0.3) is 0 Å². The normalized spacial score (nSPS) is 14.6. The van der Waals surface area contributed by atoms with Crippen molar-refractivity contribution >= 4 is 0 Å². The summed E-state index contributed by atoms with van der Waals surface area (Å²) in [6.07, 6.45) is -3.18. The highest BCUT2D eigenvalue weighted by molar-refractivity contribution is 5.18. The number of rotatable bonds is 3. The first-order chi connectivity index (χ1) is 8.09. The molecule has 0 saturated heterocycles. The van der Waals surface area contributed by atoms with Gasteiger partial charge < -0.3 is 5.11 Å². The summed E-state index contributed by atoms with van der Waals surface area (Å²) in [6.45, 7) is 6.12. The SMILES string of the molecule is CC(C)(C)CCC(O)c1ccc(C(F)(F)F)cn1. The van der Waals surface area contributed by atoms with E-state index in [0.29, 0.717) is 6.42 Å². The molecule has 0 spiro atoms. The molecule has 0 aliphatic rings. The Morgan fingerprint density at radius 1 is 1.22 bits per heavy atom. The molecule has 1 aromatic heterocycles. The number of halogens is 3. The van der Waals surface area contributed by atoms with E-state index in [9.17, 15) is 18.3 Å². The zero-order valence-electron chi connectivity index (χ0n) is 10.8. The fraction of sp³-hybridized carbons (Fsp3) is 0.615. The van der Waals surface area contributed by atoms with Crippen LogP contribution in [0.5, 0.6) is 0 Å². The molecule has 1 unspecified atom stereocenters. The van der Waals surface area contributed by atoms with Gasteiger partial charge in [0.25, 0.3) is 0 Å². The molecule has 0 aliphatic carbocycles. The van der Waals surface area contributed by atoms with Crippen molar-refractivity contribution in [2.75, 3.05) is 0 Å². The number of pyridine rings is 1. The Labute approximate surface area is 105 Å². The van der Waals surface area contributed by atoms with Gasteiger partial charge in [-0.25, -0.2) is 0 Å². The number of hydrogen-bond donors (Lipinski definition) is 1. The Bertz CT molecular complexity index is 379. The molecule has 1 N–H and O–H groups in total. The van der Waals surface area contributed by atoms with Gasteiger partial charge in [-0.2, -0.15) is 13.2 Å². The summed E-state index contributed by atoms with van der Waals surface area (Å²) in [5.74, 6) is 0. The molecule has 18 heavy (non-hydrogen) atoms. The van der Waals surface area contributed by atoms with Gasteiger partial charge in [-0.05, 0) is 30.4 Å². The monoisotopic (exact) mass is 261 g/mol. The first kappa shape index (κ1) is 15.0. The standard InChI is InChI=1S/C13H18F3NO/c1-12(2,3)7-6-11(18)10-5-4-9(8-17-10)13(14,15)16/h4-5,8,11,18H,6-7H2,1-3H3. The van der Waals surface area contributed by atoms with E-state index in [-0.39, 0.29) is 11.1 Å². The zero-order chi connectivity index (χ0) is 14.0. The number of aliphatic hydroxyl groups is 1. The lowest BCUT2D eigenvalue weighted by Crippen LogP contribution is -2.10. The van der Waals surface area contributed by atoms with Crippen molar-refractivity contribution in [2.45, 2.75) is 45.9 Å². The van der Waals surface area contributed by atoms with Crippen LogP contribution in [-0.4, -0.2) is 10.1 Å². The number of aliphatic hydroxyl groups excluding tert-OH is 1. The lowest BCUT2D eigenvalue weighted by Gasteiger charge is -2.20. The van der Waals surface area contributed by atoms with Crippen LogP contribution >= 0.6 is 0 Å². The summed E-state index contributed by atoms with van der Waals surface area (Å²) in [4.78, 5) is 3.68. The summed E-state index contributed by atoms with van der Waals surface area (Å²) >= 11 is 0. The maximum atomic E-state index is 12.3. The van der Waals surface area contributed by atoms with E-state index in [1.807, 2.05) is 20.8 Å². The summed E-state index contributed by atoms with van der Waals surface area (Å²) in [5, 5.41) is 9.83. The molecular formula is C13H18F3NO. The number of nitrogens with zero attached hydrogens (tertiary/aromatic N) is 1. The minimum absolute atomic E-state index is 0.0763. The Morgan fingerprint density at radius 3 is 2.22 bits per heavy atom. The number of aromatic nitrogens is 1. The average Bonchev–Trinajstić information content (AvgIpc) is 2.24. The summed E-state index contributed by atoms with van der Waals surface area (Å²) in [5.41, 5.74) is -0.436. The molecule has 0 radical (unpaired) electrons. The number of alkyl halides is 3. The molecule has 0 aromatic carbocycles. The fourth-order valence-corrected chi connectivity index (χ4v) is 1.49. The molecule has 5 heteroatoms. The lowest BCUT2D eigenvalue weighted by atomic mass is 9.89. The van der Waals surface area contributed by atoms with Crippen molar-refractivity contribution in [1.82, 2.24) is 4.98 Å². The van der Waals surface area contributed by atoms with Gasteiger partial charge >= 0.3 is 6.18 Å². The van der Waals surface area contributed by atoms with Crippen molar-refractivity contribution in [3.8, 4) is 0 Å². The van der Waals surface area contributed by atoms with Gasteiger partial charge in [0, 0.05) is 6.20 Å². The molecule has 0 fully saturated rings. The maximum Gasteiger partial charge on any atom is 0.417 e. The molecule has 102 valence electrons. The van der Waals surface area contributed by atoms with Crippen LogP contribution in [0.1, 0.15) is 51.0 Å². The predicted octanol–water partition coefficient (Wildman–Crippen LogP) is 3.96. The molecule has 0 bridgehead atoms. The van der Waals surface area contributed by atoms with E-state index in [1.54, 1.807) is 0 Å². The topological polar surface area (TPSA) is 33.1 Å². The second-order valence-corrected chi connectivity index (χ2v) is 5.58. The lowest BCUT2D eigenvalue weighted by molar-refractivity contribution is -0.137. The fourth-order valence-electron chi connectivity index (χ4n) is 1.49. The Kier molecular flexibility index (Phi) is 4.37. The van der Waals surface area contributed by atoms with Crippen molar-refractivity contribution in [3.63, 3.8) is 0 Å². The minimum atomic E-state index is -4.39. The molecule has 0 amide bonds. The predicted molar refractivity (Wildman–Crippen MR) is 62.9 cm³/mol. The second-order valence-electron chi connectivity index (χ2n) is 5.58. The largest absolute Gasteiger partial charge is 0.417 e. The number of hydrogen-bond acceptors (Lipinski definition) is 2. The van der Waals surface area contributed by atoms with E-state index in [1.165, 1.54) is 6.07 Å². The van der Waals surface area contributed by atoms with Gasteiger partial charge in [-0.15, -0.1) is 0 Å². The van der Waals surface area contributed by atoms with Crippen molar-refractivity contribution in [2.24, 2.45) is 5.41 Å². The van der Waals surface area contributed by atoms with Crippen LogP contribution < -0.4 is 0 Å². The van der Waals surface area contributed by atoms with Gasteiger partial charge in [-0.3, -0.25) is 4.98 Å². The van der Waals surface area contributed by atoms with Crippen LogP contribution in [-0.2, 0) is 6.18 Å². The highest BCUT2D eigenvalue weighted by atomic mass is 19.4. The maximum absolute atomic E-state index is 12.3. The van der Waals surface area contributed by atoms with Gasteiger partial charge in [-0.1, -0.05) is 20.8 Å². The third-order valence-electron chi connectivity index (χ3n) is 2.62.